The Morgan fingerprint density at radius 3 is 2.75 bits per heavy atom. The summed E-state index contributed by atoms with van der Waals surface area (Å²) in [6, 6.07) is 10.6. The molecule has 0 aliphatic carbocycles. The Kier molecular flexibility index (Phi) is 5.26. The Hall–Kier alpha value is -2.76. The number of nitrogens with zero attached hydrogens (tertiary/aromatic N) is 3. The molecule has 32 heavy (non-hydrogen) atoms. The molecule has 2 aromatic carbocycles. The first-order chi connectivity index (χ1) is 15.4. The van der Waals surface area contributed by atoms with Crippen LogP contribution in [0.5, 0.6) is 11.5 Å². The molecule has 168 valence electrons. The van der Waals surface area contributed by atoms with Crippen LogP contribution in [0.15, 0.2) is 41.3 Å². The van der Waals surface area contributed by atoms with Gasteiger partial charge >= 0.3 is 0 Å². The van der Waals surface area contributed by atoms with E-state index in [4.69, 9.17) is 9.47 Å². The van der Waals surface area contributed by atoms with Crippen LogP contribution in [0.4, 0.5) is 0 Å². The summed E-state index contributed by atoms with van der Waals surface area (Å²) in [6.07, 6.45) is 0.870. The molecule has 11 heteroatoms. The molecule has 2 aliphatic heterocycles. The number of aromatic nitrogens is 2. The summed E-state index contributed by atoms with van der Waals surface area (Å²) in [5.41, 5.74) is 1.24. The fourth-order valence-corrected chi connectivity index (χ4v) is 6.22. The minimum absolute atomic E-state index is 0.0852. The van der Waals surface area contributed by atoms with Crippen molar-refractivity contribution in [3.63, 3.8) is 0 Å². The molecule has 1 aromatic heterocycles. The van der Waals surface area contributed by atoms with Gasteiger partial charge in [0.25, 0.3) is 0 Å². The van der Waals surface area contributed by atoms with Gasteiger partial charge < -0.3 is 14.8 Å². The number of hydrogen-bond donors (Lipinski definition) is 1. The Morgan fingerprint density at radius 1 is 1.16 bits per heavy atom. The van der Waals surface area contributed by atoms with Crippen LogP contribution < -0.4 is 14.8 Å². The number of sulfonamides is 1. The third-order valence-corrected chi connectivity index (χ3v) is 8.60. The molecule has 1 amide bonds. The monoisotopic (exact) mass is 474 g/mol. The van der Waals surface area contributed by atoms with Crippen molar-refractivity contribution in [3.05, 3.63) is 42.0 Å². The highest BCUT2D eigenvalue weighted by Gasteiger charge is 2.40. The van der Waals surface area contributed by atoms with Crippen LogP contribution in [0.2, 0.25) is 0 Å². The van der Waals surface area contributed by atoms with Gasteiger partial charge in [0.1, 0.15) is 15.9 Å². The number of carbonyl (C=O) groups excluding carboxylic acids is 1. The Bertz CT molecular complexity index is 1280. The van der Waals surface area contributed by atoms with E-state index in [-0.39, 0.29) is 30.7 Å². The summed E-state index contributed by atoms with van der Waals surface area (Å²) in [5.74, 6) is 1.29. The number of carbonyl (C=O) groups is 1. The van der Waals surface area contributed by atoms with Crippen LogP contribution in [-0.4, -0.2) is 47.3 Å². The maximum absolute atomic E-state index is 13.2. The summed E-state index contributed by atoms with van der Waals surface area (Å²) in [5, 5.41) is 2.99. The van der Waals surface area contributed by atoms with Gasteiger partial charge in [-0.05, 0) is 42.7 Å². The van der Waals surface area contributed by atoms with Gasteiger partial charge in [0.15, 0.2) is 11.5 Å². The molecule has 0 saturated carbocycles. The van der Waals surface area contributed by atoms with Crippen molar-refractivity contribution >= 4 is 38.7 Å². The highest BCUT2D eigenvalue weighted by molar-refractivity contribution is 7.89. The van der Waals surface area contributed by atoms with Gasteiger partial charge in [-0.1, -0.05) is 19.1 Å². The molecular weight excluding hydrogens is 452 g/mol. The SMILES string of the molecule is CC1(C(=O)NCc2ccc3c(c2)OCO3)CCN(S(=O)(=O)c2cccc3nsnc23)CC1. The first kappa shape index (κ1) is 21.1. The van der Waals surface area contributed by atoms with Gasteiger partial charge in [-0.15, -0.1) is 0 Å². The van der Waals surface area contributed by atoms with Crippen molar-refractivity contribution in [1.82, 2.24) is 18.4 Å². The van der Waals surface area contributed by atoms with Crippen LogP contribution in [0.1, 0.15) is 25.3 Å². The van der Waals surface area contributed by atoms with Gasteiger partial charge in [0.2, 0.25) is 22.7 Å². The van der Waals surface area contributed by atoms with E-state index in [2.05, 4.69) is 14.1 Å². The van der Waals surface area contributed by atoms with E-state index >= 15 is 0 Å². The van der Waals surface area contributed by atoms with E-state index in [0.29, 0.717) is 41.9 Å². The lowest BCUT2D eigenvalue weighted by Crippen LogP contribution is -2.48. The Morgan fingerprint density at radius 2 is 1.94 bits per heavy atom. The molecule has 0 unspecified atom stereocenters. The molecule has 1 N–H and O–H groups in total. The molecule has 1 fully saturated rings. The lowest BCUT2D eigenvalue weighted by molar-refractivity contribution is -0.132. The highest BCUT2D eigenvalue weighted by atomic mass is 32.2. The van der Waals surface area contributed by atoms with Gasteiger partial charge in [-0.3, -0.25) is 4.79 Å². The van der Waals surface area contributed by atoms with Gasteiger partial charge in [-0.25, -0.2) is 8.42 Å². The summed E-state index contributed by atoms with van der Waals surface area (Å²) in [7, 11) is -3.72. The molecule has 0 atom stereocenters. The normalized spacial score (nSPS) is 18.0. The van der Waals surface area contributed by atoms with Crippen LogP contribution in [0.3, 0.4) is 0 Å². The lowest BCUT2D eigenvalue weighted by atomic mass is 9.80. The average molecular weight is 475 g/mol. The molecule has 2 aliphatic rings. The van der Waals surface area contributed by atoms with Crippen molar-refractivity contribution in [1.29, 1.82) is 0 Å². The second kappa shape index (κ2) is 7.98. The molecule has 9 nitrogen and oxygen atoms in total. The van der Waals surface area contributed by atoms with Gasteiger partial charge in [-0.2, -0.15) is 13.1 Å². The van der Waals surface area contributed by atoms with Gasteiger partial charge in [0.05, 0.1) is 11.7 Å². The Labute approximate surface area is 189 Å². The van der Waals surface area contributed by atoms with Crippen molar-refractivity contribution in [2.45, 2.75) is 31.2 Å². The molecule has 0 bridgehead atoms. The van der Waals surface area contributed by atoms with E-state index in [1.165, 1.54) is 4.31 Å². The fourth-order valence-electron chi connectivity index (χ4n) is 4.02. The maximum atomic E-state index is 13.2. The molecule has 3 aromatic rings. The van der Waals surface area contributed by atoms with Crippen molar-refractivity contribution in [2.24, 2.45) is 5.41 Å². The zero-order valence-electron chi connectivity index (χ0n) is 17.4. The number of hydrogen-bond acceptors (Lipinski definition) is 8. The fraction of sp³-hybridized carbons (Fsp3) is 0.381. The molecule has 0 spiro atoms. The third-order valence-electron chi connectivity index (χ3n) is 6.13. The standard InChI is InChI=1S/C21H22N4O5S2/c1-21(20(26)22-12-14-5-6-16-17(11-14)30-13-29-16)7-9-25(10-8-21)32(27,28)18-4-2-3-15-19(18)24-31-23-15/h2-6,11H,7-10,12-13H2,1H3,(H,22,26). The van der Waals surface area contributed by atoms with Crippen LogP contribution >= 0.6 is 11.7 Å². The lowest BCUT2D eigenvalue weighted by Gasteiger charge is -2.37. The minimum atomic E-state index is -3.72. The number of benzene rings is 2. The average Bonchev–Trinajstić information content (AvgIpc) is 3.46. The molecular formula is C21H22N4O5S2. The summed E-state index contributed by atoms with van der Waals surface area (Å²) >= 11 is 0.993. The van der Waals surface area contributed by atoms with E-state index in [9.17, 15) is 13.2 Å². The van der Waals surface area contributed by atoms with Gasteiger partial charge in [0, 0.05) is 25.0 Å². The Balaban J connectivity index is 1.24. The van der Waals surface area contributed by atoms with Crippen LogP contribution in [0, 0.1) is 5.41 Å². The first-order valence-electron chi connectivity index (χ1n) is 10.3. The van der Waals surface area contributed by atoms with E-state index < -0.39 is 15.4 Å². The molecule has 0 radical (unpaired) electrons. The van der Waals surface area contributed by atoms with Crippen molar-refractivity contribution in [3.8, 4) is 11.5 Å². The maximum Gasteiger partial charge on any atom is 0.245 e. The van der Waals surface area contributed by atoms with E-state index in [1.54, 1.807) is 18.2 Å². The van der Waals surface area contributed by atoms with Crippen molar-refractivity contribution < 1.29 is 22.7 Å². The number of amides is 1. The number of rotatable bonds is 5. The van der Waals surface area contributed by atoms with E-state index in [1.807, 2.05) is 25.1 Å². The molecule has 5 rings (SSSR count). The quantitative estimate of drug-likeness (QED) is 0.605. The second-order valence-electron chi connectivity index (χ2n) is 8.22. The zero-order valence-corrected chi connectivity index (χ0v) is 19.0. The van der Waals surface area contributed by atoms with Crippen LogP contribution in [-0.2, 0) is 21.4 Å². The molecule has 1 saturated heterocycles. The summed E-state index contributed by atoms with van der Waals surface area (Å²) in [4.78, 5) is 13.1. The molecule has 3 heterocycles. The number of nitrogens with one attached hydrogen (secondary N) is 1. The van der Waals surface area contributed by atoms with Crippen LogP contribution in [0.25, 0.3) is 11.0 Å². The third kappa shape index (κ3) is 3.70. The predicted molar refractivity (Wildman–Crippen MR) is 118 cm³/mol. The summed E-state index contributed by atoms with van der Waals surface area (Å²) < 4.78 is 46.9. The number of ether oxygens (including phenoxy) is 2. The number of fused-ring (bicyclic) bond motifs is 2. The first-order valence-corrected chi connectivity index (χ1v) is 12.4. The number of piperidine rings is 1. The minimum Gasteiger partial charge on any atom is -0.454 e. The zero-order chi connectivity index (χ0) is 22.3. The highest BCUT2D eigenvalue weighted by Crippen LogP contribution is 2.35. The summed E-state index contributed by atoms with van der Waals surface area (Å²) in [6.45, 7) is 2.99. The topological polar surface area (TPSA) is 111 Å². The van der Waals surface area contributed by atoms with E-state index in [0.717, 1.165) is 17.3 Å². The predicted octanol–water partition coefficient (Wildman–Crippen LogP) is 2.53. The largest absolute Gasteiger partial charge is 0.454 e. The smallest absolute Gasteiger partial charge is 0.245 e. The second-order valence-corrected chi connectivity index (χ2v) is 10.7. The van der Waals surface area contributed by atoms with Crippen molar-refractivity contribution in [2.75, 3.05) is 19.9 Å².